The third kappa shape index (κ3) is 5.33. The first-order chi connectivity index (χ1) is 9.19. The highest BCUT2D eigenvalue weighted by molar-refractivity contribution is 6.30. The van der Waals surface area contributed by atoms with Crippen LogP contribution in [0.15, 0.2) is 0 Å². The lowest BCUT2D eigenvalue weighted by Gasteiger charge is -2.19. The van der Waals surface area contributed by atoms with Gasteiger partial charge in [-0.15, -0.1) is 0 Å². The summed E-state index contributed by atoms with van der Waals surface area (Å²) in [5, 5.41) is 2.71. The van der Waals surface area contributed by atoms with Crippen LogP contribution in [0.2, 0.25) is 5.15 Å². The average Bonchev–Trinajstić information content (AvgIpc) is 2.23. The number of hydrogen-bond donors (Lipinski definition) is 2. The number of nitrogens with two attached hydrogens (primary N) is 1. The molecule has 0 bridgehead atoms. The van der Waals surface area contributed by atoms with Crippen LogP contribution in [0, 0.1) is 18.8 Å². The number of carbonyl (C=O) groups excluding carboxylic acids is 1. The molecule has 7 heteroatoms. The van der Waals surface area contributed by atoms with E-state index in [9.17, 15) is 4.79 Å². The minimum atomic E-state index is -0.539. The van der Waals surface area contributed by atoms with Crippen molar-refractivity contribution in [1.29, 1.82) is 0 Å². The Bertz CT molecular complexity index is 547. The van der Waals surface area contributed by atoms with Gasteiger partial charge in [-0.3, -0.25) is 0 Å². The van der Waals surface area contributed by atoms with Gasteiger partial charge in [0.25, 0.3) is 0 Å². The number of hydrogen-bond acceptors (Lipinski definition) is 5. The number of amides is 1. The molecule has 0 saturated carbocycles. The van der Waals surface area contributed by atoms with Crippen LogP contribution < -0.4 is 11.1 Å². The quantitative estimate of drug-likeness (QED) is 0.610. The second-order valence-electron chi connectivity index (χ2n) is 4.99. The van der Waals surface area contributed by atoms with Gasteiger partial charge in [-0.05, 0) is 27.7 Å². The molecular formula is C13H17ClN4O2. The molecule has 0 aromatic carbocycles. The largest absolute Gasteiger partial charge is 0.444 e. The SMILES string of the molecule is Cc1nc(N)nc(Cl)c1C#CCNC(=O)OC(C)(C)C. The van der Waals surface area contributed by atoms with E-state index in [0.29, 0.717) is 11.3 Å². The number of nitrogens with zero attached hydrogens (tertiary/aromatic N) is 2. The minimum absolute atomic E-state index is 0.102. The van der Waals surface area contributed by atoms with Gasteiger partial charge in [0.1, 0.15) is 5.60 Å². The molecule has 1 rings (SSSR count). The number of nitrogen functional groups attached to an aromatic ring is 1. The van der Waals surface area contributed by atoms with Crippen molar-refractivity contribution in [2.75, 3.05) is 12.3 Å². The average molecular weight is 297 g/mol. The van der Waals surface area contributed by atoms with Crippen molar-refractivity contribution in [3.63, 3.8) is 0 Å². The molecule has 1 heterocycles. The number of nitrogens with one attached hydrogen (secondary N) is 1. The van der Waals surface area contributed by atoms with E-state index in [1.54, 1.807) is 27.7 Å². The Kier molecular flexibility index (Phi) is 5.17. The van der Waals surface area contributed by atoms with Crippen molar-refractivity contribution >= 4 is 23.6 Å². The lowest BCUT2D eigenvalue weighted by Crippen LogP contribution is -2.32. The van der Waals surface area contributed by atoms with E-state index in [2.05, 4.69) is 27.1 Å². The van der Waals surface area contributed by atoms with Gasteiger partial charge in [0.2, 0.25) is 5.95 Å². The molecule has 0 atom stereocenters. The maximum Gasteiger partial charge on any atom is 0.408 e. The number of anilines is 1. The normalized spacial score (nSPS) is 10.4. The molecule has 108 valence electrons. The van der Waals surface area contributed by atoms with E-state index < -0.39 is 11.7 Å². The van der Waals surface area contributed by atoms with Gasteiger partial charge in [-0.25, -0.2) is 9.78 Å². The van der Waals surface area contributed by atoms with Crippen LogP contribution in [-0.2, 0) is 4.74 Å². The molecular weight excluding hydrogens is 280 g/mol. The van der Waals surface area contributed by atoms with Crippen LogP contribution in [0.25, 0.3) is 0 Å². The van der Waals surface area contributed by atoms with Gasteiger partial charge in [0.05, 0.1) is 17.8 Å². The molecule has 1 aromatic rings. The summed E-state index contributed by atoms with van der Waals surface area (Å²) >= 11 is 5.92. The molecule has 0 fully saturated rings. The first kappa shape index (κ1) is 16.1. The summed E-state index contributed by atoms with van der Waals surface area (Å²) < 4.78 is 5.07. The number of rotatable bonds is 1. The molecule has 0 aliphatic rings. The van der Waals surface area contributed by atoms with Crippen LogP contribution in [0.3, 0.4) is 0 Å². The molecule has 20 heavy (non-hydrogen) atoms. The van der Waals surface area contributed by atoms with Crippen molar-refractivity contribution in [3.05, 3.63) is 16.4 Å². The predicted molar refractivity (Wildman–Crippen MR) is 77.3 cm³/mol. The van der Waals surface area contributed by atoms with Crippen molar-refractivity contribution in [2.45, 2.75) is 33.3 Å². The van der Waals surface area contributed by atoms with E-state index in [1.807, 2.05) is 0 Å². The van der Waals surface area contributed by atoms with Crippen LogP contribution >= 0.6 is 11.6 Å². The zero-order chi connectivity index (χ0) is 15.3. The van der Waals surface area contributed by atoms with Crippen LogP contribution in [0.4, 0.5) is 10.7 Å². The predicted octanol–water partition coefficient (Wildman–Crippen LogP) is 1.90. The highest BCUT2D eigenvalue weighted by Gasteiger charge is 2.15. The molecule has 0 saturated heterocycles. The Morgan fingerprint density at radius 1 is 1.45 bits per heavy atom. The van der Waals surface area contributed by atoms with Crippen molar-refractivity contribution in [2.24, 2.45) is 0 Å². The molecule has 1 aromatic heterocycles. The molecule has 0 aliphatic heterocycles. The fourth-order valence-corrected chi connectivity index (χ4v) is 1.53. The van der Waals surface area contributed by atoms with Crippen LogP contribution in [-0.4, -0.2) is 28.2 Å². The van der Waals surface area contributed by atoms with Gasteiger partial charge in [0, 0.05) is 0 Å². The maximum atomic E-state index is 11.4. The summed E-state index contributed by atoms with van der Waals surface area (Å²) in [5.74, 6) is 5.65. The second kappa shape index (κ2) is 6.44. The summed E-state index contributed by atoms with van der Waals surface area (Å²) in [4.78, 5) is 19.2. The topological polar surface area (TPSA) is 90.1 Å². The van der Waals surface area contributed by atoms with Crippen molar-refractivity contribution in [3.8, 4) is 11.8 Å². The Morgan fingerprint density at radius 2 is 2.10 bits per heavy atom. The molecule has 0 radical (unpaired) electrons. The standard InChI is InChI=1S/C13H17ClN4O2/c1-8-9(10(14)18-11(15)17-8)6-5-7-16-12(19)20-13(2,3)4/h7H2,1-4H3,(H,16,19)(H2,15,17,18). The van der Waals surface area contributed by atoms with Gasteiger partial charge in [0.15, 0.2) is 5.15 Å². The number of ether oxygens (including phenoxy) is 1. The lowest BCUT2D eigenvalue weighted by atomic mass is 10.2. The first-order valence-electron chi connectivity index (χ1n) is 5.94. The summed E-state index contributed by atoms with van der Waals surface area (Å²) in [6.45, 7) is 7.22. The smallest absolute Gasteiger partial charge is 0.408 e. The highest BCUT2D eigenvalue weighted by atomic mass is 35.5. The van der Waals surface area contributed by atoms with E-state index in [0.717, 1.165) is 0 Å². The van der Waals surface area contributed by atoms with E-state index in [4.69, 9.17) is 22.1 Å². The van der Waals surface area contributed by atoms with Gasteiger partial charge in [-0.1, -0.05) is 23.4 Å². The third-order valence-electron chi connectivity index (χ3n) is 2.00. The van der Waals surface area contributed by atoms with Crippen molar-refractivity contribution < 1.29 is 9.53 Å². The van der Waals surface area contributed by atoms with Gasteiger partial charge < -0.3 is 15.8 Å². The molecule has 0 unspecified atom stereocenters. The fourth-order valence-electron chi connectivity index (χ4n) is 1.26. The monoisotopic (exact) mass is 296 g/mol. The first-order valence-corrected chi connectivity index (χ1v) is 6.32. The highest BCUT2D eigenvalue weighted by Crippen LogP contribution is 2.15. The van der Waals surface area contributed by atoms with Crippen LogP contribution in [0.5, 0.6) is 0 Å². The second-order valence-corrected chi connectivity index (χ2v) is 5.35. The Labute approximate surface area is 123 Å². The number of aryl methyl sites for hydroxylation is 1. The number of halogens is 1. The Balaban J connectivity index is 2.62. The maximum absolute atomic E-state index is 11.4. The van der Waals surface area contributed by atoms with E-state index >= 15 is 0 Å². The van der Waals surface area contributed by atoms with Gasteiger partial charge in [-0.2, -0.15) is 4.98 Å². The number of alkyl carbamates (subject to hydrolysis) is 1. The summed E-state index contributed by atoms with van der Waals surface area (Å²) in [6, 6.07) is 0. The zero-order valence-electron chi connectivity index (χ0n) is 11.9. The summed E-state index contributed by atoms with van der Waals surface area (Å²) in [7, 11) is 0. The summed E-state index contributed by atoms with van der Waals surface area (Å²) in [6.07, 6.45) is -0.525. The number of carbonyl (C=O) groups is 1. The van der Waals surface area contributed by atoms with E-state index in [-0.39, 0.29) is 17.6 Å². The molecule has 0 spiro atoms. The lowest BCUT2D eigenvalue weighted by molar-refractivity contribution is 0.0535. The zero-order valence-corrected chi connectivity index (χ0v) is 12.6. The Hall–Kier alpha value is -2.00. The molecule has 6 nitrogen and oxygen atoms in total. The van der Waals surface area contributed by atoms with E-state index in [1.165, 1.54) is 0 Å². The molecule has 0 aliphatic carbocycles. The Morgan fingerprint density at radius 3 is 2.65 bits per heavy atom. The number of aromatic nitrogens is 2. The third-order valence-corrected chi connectivity index (χ3v) is 2.27. The molecule has 1 amide bonds. The van der Waals surface area contributed by atoms with Crippen LogP contribution in [0.1, 0.15) is 32.0 Å². The fraction of sp³-hybridized carbons (Fsp3) is 0.462. The molecule has 3 N–H and O–H groups in total. The summed E-state index contributed by atoms with van der Waals surface area (Å²) in [5.41, 5.74) is 6.00. The minimum Gasteiger partial charge on any atom is -0.444 e. The van der Waals surface area contributed by atoms with Crippen molar-refractivity contribution in [1.82, 2.24) is 15.3 Å². The van der Waals surface area contributed by atoms with Gasteiger partial charge >= 0.3 is 6.09 Å².